The lowest BCUT2D eigenvalue weighted by Gasteiger charge is -2.27. The highest BCUT2D eigenvalue weighted by Crippen LogP contribution is 2.42. The zero-order valence-corrected chi connectivity index (χ0v) is 28.5. The number of rotatable bonds is 6. The Hall–Kier alpha value is -6.90. The standard InChI is InChI=1S/C50H34N2/c1-3-12-35(13-4-1)37-22-26-42(27-23-37)51(43-28-24-38(25-29-43)36-14-5-2-6-15-36)48-21-11-18-41-32-44(30-31-45(41)48)52-49-20-10-9-19-46(49)47-33-39-16-7-8-17-40(39)34-50(47)52/h1-34H. The minimum Gasteiger partial charge on any atom is -0.310 e. The molecular formula is C50H34N2. The average Bonchev–Trinajstić information content (AvgIpc) is 3.54. The van der Waals surface area contributed by atoms with Crippen molar-refractivity contribution in [2.45, 2.75) is 0 Å². The third-order valence-corrected chi connectivity index (χ3v) is 10.3. The highest BCUT2D eigenvalue weighted by atomic mass is 15.1. The fourth-order valence-electron chi connectivity index (χ4n) is 7.82. The van der Waals surface area contributed by atoms with Gasteiger partial charge < -0.3 is 9.47 Å². The smallest absolute Gasteiger partial charge is 0.0547 e. The van der Waals surface area contributed by atoms with Crippen LogP contribution in [0.3, 0.4) is 0 Å². The molecule has 0 fully saturated rings. The topological polar surface area (TPSA) is 8.17 Å². The number of hydrogen-bond donors (Lipinski definition) is 0. The van der Waals surface area contributed by atoms with Gasteiger partial charge in [-0.15, -0.1) is 0 Å². The molecule has 9 aromatic carbocycles. The van der Waals surface area contributed by atoms with Gasteiger partial charge >= 0.3 is 0 Å². The summed E-state index contributed by atoms with van der Waals surface area (Å²) in [5.74, 6) is 0. The molecule has 0 unspecified atom stereocenters. The minimum absolute atomic E-state index is 1.11. The molecule has 0 aliphatic carbocycles. The molecule has 0 saturated heterocycles. The van der Waals surface area contributed by atoms with Crippen molar-refractivity contribution in [3.63, 3.8) is 0 Å². The van der Waals surface area contributed by atoms with Gasteiger partial charge in [0.2, 0.25) is 0 Å². The number of para-hydroxylation sites is 1. The Kier molecular flexibility index (Phi) is 7.18. The molecule has 244 valence electrons. The van der Waals surface area contributed by atoms with E-state index in [1.807, 2.05) is 0 Å². The van der Waals surface area contributed by atoms with E-state index in [1.165, 1.54) is 65.6 Å². The lowest BCUT2D eigenvalue weighted by atomic mass is 10.0. The van der Waals surface area contributed by atoms with Crippen LogP contribution in [-0.4, -0.2) is 4.57 Å². The summed E-state index contributed by atoms with van der Waals surface area (Å²) >= 11 is 0. The molecule has 0 saturated carbocycles. The third kappa shape index (κ3) is 5.12. The number of benzene rings is 9. The molecule has 1 aromatic heterocycles. The molecule has 0 bridgehead atoms. The van der Waals surface area contributed by atoms with Crippen LogP contribution in [0.25, 0.3) is 71.3 Å². The summed E-state index contributed by atoms with van der Waals surface area (Å²) in [6.07, 6.45) is 0. The number of hydrogen-bond acceptors (Lipinski definition) is 1. The zero-order chi connectivity index (χ0) is 34.4. The molecule has 2 nitrogen and oxygen atoms in total. The van der Waals surface area contributed by atoms with Gasteiger partial charge in [0, 0.05) is 33.2 Å². The van der Waals surface area contributed by atoms with E-state index < -0.39 is 0 Å². The van der Waals surface area contributed by atoms with Crippen LogP contribution < -0.4 is 4.90 Å². The number of fused-ring (bicyclic) bond motifs is 5. The molecule has 10 rings (SSSR count). The number of aromatic nitrogens is 1. The van der Waals surface area contributed by atoms with Gasteiger partial charge in [-0.05, 0) is 99.1 Å². The predicted octanol–water partition coefficient (Wildman–Crippen LogP) is 13.9. The first kappa shape index (κ1) is 30.0. The lowest BCUT2D eigenvalue weighted by molar-refractivity contribution is 1.19. The Morgan fingerprint density at radius 1 is 0.308 bits per heavy atom. The Morgan fingerprint density at radius 3 is 1.50 bits per heavy atom. The molecule has 0 aliphatic heterocycles. The fraction of sp³-hybridized carbons (Fsp3) is 0. The highest BCUT2D eigenvalue weighted by Gasteiger charge is 2.18. The van der Waals surface area contributed by atoms with Gasteiger partial charge in [-0.3, -0.25) is 0 Å². The second kappa shape index (κ2) is 12.5. The van der Waals surface area contributed by atoms with E-state index in [-0.39, 0.29) is 0 Å². The summed E-state index contributed by atoms with van der Waals surface area (Å²) < 4.78 is 2.42. The summed E-state index contributed by atoms with van der Waals surface area (Å²) in [6, 6.07) is 74.7. The summed E-state index contributed by atoms with van der Waals surface area (Å²) in [6.45, 7) is 0. The van der Waals surface area contributed by atoms with Crippen molar-refractivity contribution in [2.24, 2.45) is 0 Å². The van der Waals surface area contributed by atoms with Crippen molar-refractivity contribution in [1.82, 2.24) is 4.57 Å². The molecule has 0 amide bonds. The molecular weight excluding hydrogens is 629 g/mol. The first-order valence-electron chi connectivity index (χ1n) is 17.8. The maximum absolute atomic E-state index is 2.42. The Bertz CT molecular complexity index is 2790. The maximum Gasteiger partial charge on any atom is 0.0547 e. The summed E-state index contributed by atoms with van der Waals surface area (Å²) in [4.78, 5) is 2.39. The Morgan fingerprint density at radius 2 is 0.846 bits per heavy atom. The second-order valence-electron chi connectivity index (χ2n) is 13.4. The van der Waals surface area contributed by atoms with Gasteiger partial charge in [0.15, 0.2) is 0 Å². The van der Waals surface area contributed by atoms with E-state index in [9.17, 15) is 0 Å². The monoisotopic (exact) mass is 662 g/mol. The number of anilines is 3. The van der Waals surface area contributed by atoms with Crippen LogP contribution in [0.15, 0.2) is 206 Å². The van der Waals surface area contributed by atoms with Gasteiger partial charge in [0.1, 0.15) is 0 Å². The Balaban J connectivity index is 1.13. The van der Waals surface area contributed by atoms with Crippen molar-refractivity contribution >= 4 is 60.4 Å². The molecule has 52 heavy (non-hydrogen) atoms. The number of nitrogens with zero attached hydrogens (tertiary/aromatic N) is 2. The quantitative estimate of drug-likeness (QED) is 0.172. The van der Waals surface area contributed by atoms with Gasteiger partial charge in [-0.2, -0.15) is 0 Å². The average molecular weight is 663 g/mol. The van der Waals surface area contributed by atoms with Gasteiger partial charge in [0.05, 0.1) is 16.7 Å². The van der Waals surface area contributed by atoms with Crippen LogP contribution in [0.1, 0.15) is 0 Å². The summed E-state index contributed by atoms with van der Waals surface area (Å²) in [5.41, 5.74) is 11.8. The fourth-order valence-corrected chi connectivity index (χ4v) is 7.82. The van der Waals surface area contributed by atoms with E-state index in [0.717, 1.165) is 22.7 Å². The maximum atomic E-state index is 2.42. The molecule has 0 N–H and O–H groups in total. The summed E-state index contributed by atoms with van der Waals surface area (Å²) in [7, 11) is 0. The van der Waals surface area contributed by atoms with E-state index in [0.29, 0.717) is 0 Å². The predicted molar refractivity (Wildman–Crippen MR) is 221 cm³/mol. The molecule has 0 atom stereocenters. The van der Waals surface area contributed by atoms with Crippen LogP contribution in [0.5, 0.6) is 0 Å². The van der Waals surface area contributed by atoms with Crippen LogP contribution in [0.2, 0.25) is 0 Å². The largest absolute Gasteiger partial charge is 0.310 e. The molecule has 0 spiro atoms. The minimum atomic E-state index is 1.11. The molecule has 1 heterocycles. The van der Waals surface area contributed by atoms with E-state index in [1.54, 1.807) is 0 Å². The van der Waals surface area contributed by atoms with Crippen LogP contribution in [0, 0.1) is 0 Å². The second-order valence-corrected chi connectivity index (χ2v) is 13.4. The first-order valence-corrected chi connectivity index (χ1v) is 17.8. The SMILES string of the molecule is c1ccc(-c2ccc(N(c3ccc(-c4ccccc4)cc3)c3cccc4cc(-n5c6ccccc6c6cc7ccccc7cc65)ccc34)cc2)cc1. The van der Waals surface area contributed by atoms with E-state index in [2.05, 4.69) is 216 Å². The van der Waals surface area contributed by atoms with E-state index in [4.69, 9.17) is 0 Å². The van der Waals surface area contributed by atoms with Crippen molar-refractivity contribution < 1.29 is 0 Å². The molecule has 0 aliphatic rings. The molecule has 2 heteroatoms. The molecule has 10 aromatic rings. The van der Waals surface area contributed by atoms with Crippen molar-refractivity contribution in [2.75, 3.05) is 4.90 Å². The van der Waals surface area contributed by atoms with Crippen LogP contribution >= 0.6 is 0 Å². The first-order chi connectivity index (χ1) is 25.8. The summed E-state index contributed by atoms with van der Waals surface area (Å²) in [5, 5.41) is 7.42. The third-order valence-electron chi connectivity index (χ3n) is 10.3. The van der Waals surface area contributed by atoms with Crippen LogP contribution in [-0.2, 0) is 0 Å². The molecule has 0 radical (unpaired) electrons. The Labute approximate surface area is 303 Å². The normalized spacial score (nSPS) is 11.5. The lowest BCUT2D eigenvalue weighted by Crippen LogP contribution is -2.10. The van der Waals surface area contributed by atoms with Crippen LogP contribution in [0.4, 0.5) is 17.1 Å². The van der Waals surface area contributed by atoms with Crippen molar-refractivity contribution in [1.29, 1.82) is 0 Å². The van der Waals surface area contributed by atoms with E-state index >= 15 is 0 Å². The highest BCUT2D eigenvalue weighted by molar-refractivity contribution is 6.14. The van der Waals surface area contributed by atoms with Crippen molar-refractivity contribution in [3.05, 3.63) is 206 Å². The van der Waals surface area contributed by atoms with Gasteiger partial charge in [0.25, 0.3) is 0 Å². The van der Waals surface area contributed by atoms with Gasteiger partial charge in [-0.1, -0.05) is 146 Å². The van der Waals surface area contributed by atoms with Crippen molar-refractivity contribution in [3.8, 4) is 27.9 Å². The zero-order valence-electron chi connectivity index (χ0n) is 28.5. The van der Waals surface area contributed by atoms with Gasteiger partial charge in [-0.25, -0.2) is 0 Å².